The van der Waals surface area contributed by atoms with Gasteiger partial charge in [0.05, 0.1) is 39.0 Å². The van der Waals surface area contributed by atoms with E-state index in [0.717, 1.165) is 49.2 Å². The molecular weight excluding hydrogens is 360 g/mol. The fourth-order valence-corrected chi connectivity index (χ4v) is 3.52. The smallest absolute Gasteiger partial charge is 0.279 e. The molecule has 2 heterocycles. The lowest BCUT2D eigenvalue weighted by Gasteiger charge is -2.33. The van der Waals surface area contributed by atoms with Crippen LogP contribution in [0.2, 0.25) is 0 Å². The Balaban J connectivity index is 1.41. The first-order valence-electron chi connectivity index (χ1n) is 9.42. The number of furan rings is 1. The highest BCUT2D eigenvalue weighted by molar-refractivity contribution is 7.80. The van der Waals surface area contributed by atoms with Gasteiger partial charge in [-0.25, -0.2) is 0 Å². The van der Waals surface area contributed by atoms with Crippen molar-refractivity contribution in [2.45, 2.75) is 19.9 Å². The van der Waals surface area contributed by atoms with Gasteiger partial charge in [0.2, 0.25) is 0 Å². The normalized spacial score (nSPS) is 14.8. The lowest BCUT2D eigenvalue weighted by atomic mass is 10.1. The Labute approximate surface area is 165 Å². The molecular formula is C20H27N4O2S+. The van der Waals surface area contributed by atoms with Crippen molar-refractivity contribution in [1.82, 2.24) is 10.2 Å². The SMILES string of the molecule is CCc1ccccc1NC(=O)C[NH+]1CCN(C(=S)NCc2ccco2)CC1. The van der Waals surface area contributed by atoms with E-state index in [1.165, 1.54) is 10.5 Å². The molecule has 0 atom stereocenters. The number of hydrogen-bond donors (Lipinski definition) is 3. The molecule has 1 aromatic carbocycles. The van der Waals surface area contributed by atoms with E-state index in [2.05, 4.69) is 28.5 Å². The number of aryl methyl sites for hydroxylation is 1. The standard InChI is InChI=1S/C20H26N4O2S/c1-2-16-6-3-4-8-18(16)22-19(25)15-23-9-11-24(12-10-23)20(27)21-14-17-7-5-13-26-17/h3-8,13H,2,9-12,14-15H2,1H3,(H,21,27)(H,22,25)/p+1. The molecule has 27 heavy (non-hydrogen) atoms. The summed E-state index contributed by atoms with van der Waals surface area (Å²) < 4.78 is 5.31. The van der Waals surface area contributed by atoms with Gasteiger partial charge in [-0.15, -0.1) is 0 Å². The molecule has 6 nitrogen and oxygen atoms in total. The summed E-state index contributed by atoms with van der Waals surface area (Å²) in [7, 11) is 0. The summed E-state index contributed by atoms with van der Waals surface area (Å²) in [6.07, 6.45) is 2.57. The third-order valence-corrected chi connectivity index (χ3v) is 5.24. The summed E-state index contributed by atoms with van der Waals surface area (Å²) >= 11 is 5.47. The van der Waals surface area contributed by atoms with Crippen molar-refractivity contribution in [2.75, 3.05) is 38.0 Å². The maximum atomic E-state index is 12.4. The molecule has 0 unspecified atom stereocenters. The summed E-state index contributed by atoms with van der Waals surface area (Å²) in [6.45, 7) is 6.65. The fourth-order valence-electron chi connectivity index (χ4n) is 3.26. The van der Waals surface area contributed by atoms with Crippen LogP contribution in [0.5, 0.6) is 0 Å². The van der Waals surface area contributed by atoms with Crippen LogP contribution in [0.3, 0.4) is 0 Å². The Bertz CT molecular complexity index is 755. The maximum Gasteiger partial charge on any atom is 0.279 e. The highest BCUT2D eigenvalue weighted by Gasteiger charge is 2.23. The van der Waals surface area contributed by atoms with Gasteiger partial charge in [-0.3, -0.25) is 4.79 Å². The average Bonchev–Trinajstić information content (AvgIpc) is 3.20. The fraction of sp³-hybridized carbons (Fsp3) is 0.400. The molecule has 0 bridgehead atoms. The van der Waals surface area contributed by atoms with Crippen LogP contribution < -0.4 is 15.5 Å². The molecule has 0 radical (unpaired) electrons. The number of nitrogens with zero attached hydrogens (tertiary/aromatic N) is 1. The Morgan fingerprint density at radius 3 is 2.70 bits per heavy atom. The van der Waals surface area contributed by atoms with E-state index < -0.39 is 0 Å². The first-order valence-corrected chi connectivity index (χ1v) is 9.83. The van der Waals surface area contributed by atoms with Gasteiger partial charge in [-0.2, -0.15) is 0 Å². The second kappa shape index (κ2) is 9.53. The third-order valence-electron chi connectivity index (χ3n) is 4.83. The molecule has 1 aromatic heterocycles. The lowest BCUT2D eigenvalue weighted by molar-refractivity contribution is -0.895. The molecule has 1 fully saturated rings. The van der Waals surface area contributed by atoms with Crippen molar-refractivity contribution in [3.05, 3.63) is 54.0 Å². The predicted molar refractivity (Wildman–Crippen MR) is 110 cm³/mol. The quantitative estimate of drug-likeness (QED) is 0.647. The second-order valence-electron chi connectivity index (χ2n) is 6.71. The Kier molecular flexibility index (Phi) is 6.84. The van der Waals surface area contributed by atoms with E-state index in [0.29, 0.717) is 13.1 Å². The summed E-state index contributed by atoms with van der Waals surface area (Å²) in [5.74, 6) is 0.934. The molecule has 0 saturated carbocycles. The number of anilines is 1. The molecule has 7 heteroatoms. The number of rotatable bonds is 6. The number of nitrogens with one attached hydrogen (secondary N) is 3. The van der Waals surface area contributed by atoms with Gasteiger partial charge >= 0.3 is 0 Å². The number of amides is 1. The highest BCUT2D eigenvalue weighted by atomic mass is 32.1. The number of quaternary nitrogens is 1. The number of benzene rings is 1. The van der Waals surface area contributed by atoms with Crippen molar-refractivity contribution >= 4 is 28.9 Å². The average molecular weight is 388 g/mol. The van der Waals surface area contributed by atoms with Crippen LogP contribution in [0.15, 0.2) is 47.1 Å². The zero-order valence-electron chi connectivity index (χ0n) is 15.7. The van der Waals surface area contributed by atoms with Crippen LogP contribution in [0, 0.1) is 0 Å². The molecule has 1 aliphatic heterocycles. The highest BCUT2D eigenvalue weighted by Crippen LogP contribution is 2.14. The minimum Gasteiger partial charge on any atom is -0.467 e. The summed E-state index contributed by atoms with van der Waals surface area (Å²) in [5.41, 5.74) is 2.09. The largest absolute Gasteiger partial charge is 0.467 e. The molecule has 1 aliphatic rings. The first-order chi connectivity index (χ1) is 13.2. The Morgan fingerprint density at radius 1 is 1.22 bits per heavy atom. The minimum atomic E-state index is 0.0675. The lowest BCUT2D eigenvalue weighted by Crippen LogP contribution is -3.15. The number of carbonyl (C=O) groups is 1. The van der Waals surface area contributed by atoms with Gasteiger partial charge in [-0.1, -0.05) is 25.1 Å². The molecule has 144 valence electrons. The molecule has 1 saturated heterocycles. The van der Waals surface area contributed by atoms with E-state index in [4.69, 9.17) is 16.6 Å². The van der Waals surface area contributed by atoms with Gasteiger partial charge in [0, 0.05) is 5.69 Å². The zero-order valence-corrected chi connectivity index (χ0v) is 16.5. The molecule has 3 rings (SSSR count). The van der Waals surface area contributed by atoms with Crippen LogP contribution in [0.25, 0.3) is 0 Å². The zero-order chi connectivity index (χ0) is 19.1. The van der Waals surface area contributed by atoms with Crippen LogP contribution >= 0.6 is 12.2 Å². The summed E-state index contributed by atoms with van der Waals surface area (Å²) in [4.78, 5) is 15.8. The van der Waals surface area contributed by atoms with Crippen LogP contribution in [0.4, 0.5) is 5.69 Å². The van der Waals surface area contributed by atoms with Gasteiger partial charge in [0.25, 0.3) is 5.91 Å². The van der Waals surface area contributed by atoms with E-state index in [9.17, 15) is 4.79 Å². The second-order valence-corrected chi connectivity index (χ2v) is 7.10. The van der Waals surface area contributed by atoms with Crippen molar-refractivity contribution in [3.63, 3.8) is 0 Å². The van der Waals surface area contributed by atoms with E-state index >= 15 is 0 Å². The third kappa shape index (κ3) is 5.55. The van der Waals surface area contributed by atoms with E-state index in [1.807, 2.05) is 30.3 Å². The molecule has 3 N–H and O–H groups in total. The van der Waals surface area contributed by atoms with E-state index in [1.54, 1.807) is 6.26 Å². The number of piperazine rings is 1. The maximum absolute atomic E-state index is 12.4. The van der Waals surface area contributed by atoms with Crippen molar-refractivity contribution in [3.8, 4) is 0 Å². The van der Waals surface area contributed by atoms with Crippen molar-refractivity contribution in [2.24, 2.45) is 0 Å². The van der Waals surface area contributed by atoms with Crippen molar-refractivity contribution < 1.29 is 14.1 Å². The van der Waals surface area contributed by atoms with Gasteiger partial charge in [-0.05, 0) is 42.4 Å². The van der Waals surface area contributed by atoms with Gasteiger partial charge in [0.15, 0.2) is 11.7 Å². The van der Waals surface area contributed by atoms with Crippen LogP contribution in [-0.4, -0.2) is 48.6 Å². The predicted octanol–water partition coefficient (Wildman–Crippen LogP) is 1.06. The summed E-state index contributed by atoms with van der Waals surface area (Å²) in [6, 6.07) is 11.8. The molecule has 0 spiro atoms. The monoisotopic (exact) mass is 387 g/mol. The van der Waals surface area contributed by atoms with Crippen molar-refractivity contribution in [1.29, 1.82) is 0 Å². The summed E-state index contributed by atoms with van der Waals surface area (Å²) in [5, 5.41) is 7.03. The number of thiocarbonyl (C=S) groups is 1. The molecule has 1 amide bonds. The topological polar surface area (TPSA) is 62.0 Å². The molecule has 0 aliphatic carbocycles. The number of para-hydroxylation sites is 1. The van der Waals surface area contributed by atoms with Gasteiger partial charge < -0.3 is 24.9 Å². The minimum absolute atomic E-state index is 0.0675. The number of hydrogen-bond acceptors (Lipinski definition) is 3. The first kappa shape index (κ1) is 19.4. The van der Waals surface area contributed by atoms with Crippen LogP contribution in [0.1, 0.15) is 18.2 Å². The molecule has 2 aromatic rings. The van der Waals surface area contributed by atoms with Crippen LogP contribution in [-0.2, 0) is 17.8 Å². The van der Waals surface area contributed by atoms with Gasteiger partial charge in [0.1, 0.15) is 5.76 Å². The Morgan fingerprint density at radius 2 is 2.00 bits per heavy atom. The Hall–Kier alpha value is -2.38. The van der Waals surface area contributed by atoms with E-state index in [-0.39, 0.29) is 5.91 Å². The number of carbonyl (C=O) groups excluding carboxylic acids is 1.